The Balaban J connectivity index is 0.00000256. The number of amides is 1. The summed E-state index contributed by atoms with van der Waals surface area (Å²) in [6.07, 6.45) is 1.70. The first kappa shape index (κ1) is 19.0. The lowest BCUT2D eigenvalue weighted by atomic mass is 10.1. The third-order valence-electron chi connectivity index (χ3n) is 4.69. The van der Waals surface area contributed by atoms with Crippen LogP contribution in [0.25, 0.3) is 22.8 Å². The third kappa shape index (κ3) is 3.95. The molecule has 3 aromatic rings. The molecule has 1 fully saturated rings. The lowest BCUT2D eigenvalue weighted by Gasteiger charge is -2.24. The van der Waals surface area contributed by atoms with Crippen molar-refractivity contribution in [2.75, 3.05) is 45.3 Å². The van der Waals surface area contributed by atoms with Gasteiger partial charge < -0.3 is 19.0 Å². The molecule has 29 heavy (non-hydrogen) atoms. The van der Waals surface area contributed by atoms with Gasteiger partial charge in [0.05, 0.1) is 30.8 Å². The number of aryl methyl sites for hydroxylation is 1. The number of morpholine rings is 1. The lowest BCUT2D eigenvalue weighted by molar-refractivity contribution is 0.0827. The normalized spacial score (nSPS) is 14.1. The molecular weight excluding hydrogens is 372 g/mol. The first-order chi connectivity index (χ1) is 14.0. The van der Waals surface area contributed by atoms with Gasteiger partial charge in [-0.1, -0.05) is 17.2 Å². The maximum Gasteiger partial charge on any atom is 0.318 e. The molecule has 1 aliphatic heterocycles. The number of rotatable bonds is 4. The van der Waals surface area contributed by atoms with Crippen LogP contribution in [0.5, 0.6) is 0 Å². The number of carbonyl (C=O) groups excluding carboxylic acids is 1. The van der Waals surface area contributed by atoms with E-state index in [4.69, 9.17) is 9.15 Å². The van der Waals surface area contributed by atoms with Crippen LogP contribution < -0.4 is 4.90 Å². The molecule has 3 heterocycles. The first-order valence-corrected chi connectivity index (χ1v) is 9.35. The van der Waals surface area contributed by atoms with Crippen LogP contribution >= 0.6 is 0 Å². The number of ether oxygens (including phenoxy) is 1. The van der Waals surface area contributed by atoms with E-state index < -0.39 is 0 Å². The fraction of sp³-hybridized carbons (Fsp3) is 0.350. The topological polar surface area (TPSA) is 97.5 Å². The molecule has 0 saturated carbocycles. The molecule has 9 heteroatoms. The minimum absolute atomic E-state index is 0. The Morgan fingerprint density at radius 2 is 1.86 bits per heavy atom. The van der Waals surface area contributed by atoms with Crippen LogP contribution in [0.3, 0.4) is 0 Å². The van der Waals surface area contributed by atoms with E-state index in [0.29, 0.717) is 60.9 Å². The van der Waals surface area contributed by atoms with Gasteiger partial charge in [-0.2, -0.15) is 0 Å². The number of aromatic nitrogens is 4. The van der Waals surface area contributed by atoms with E-state index in [1.165, 1.54) is 0 Å². The fourth-order valence-corrected chi connectivity index (χ4v) is 3.03. The minimum Gasteiger partial charge on any atom is -0.401 e. The average Bonchev–Trinajstić information content (AvgIpc) is 3.24. The quantitative estimate of drug-likeness (QED) is 0.663. The SMILES string of the molecule is Cc1ncc(-c2ccc(C(=O)N(C)C)cc2)nc1-c1nnc(N2CCOCC2)o1.[HH]. The summed E-state index contributed by atoms with van der Waals surface area (Å²) in [4.78, 5) is 24.7. The molecule has 152 valence electrons. The highest BCUT2D eigenvalue weighted by molar-refractivity contribution is 5.94. The molecule has 2 aromatic heterocycles. The molecule has 0 atom stereocenters. The number of carbonyl (C=O) groups is 1. The number of hydrogen-bond donors (Lipinski definition) is 0. The largest absolute Gasteiger partial charge is 0.401 e. The number of anilines is 1. The first-order valence-electron chi connectivity index (χ1n) is 9.35. The Hall–Kier alpha value is -3.33. The fourth-order valence-electron chi connectivity index (χ4n) is 3.03. The van der Waals surface area contributed by atoms with Gasteiger partial charge in [0.15, 0.2) is 0 Å². The van der Waals surface area contributed by atoms with Gasteiger partial charge in [0.1, 0.15) is 5.69 Å². The van der Waals surface area contributed by atoms with E-state index in [1.54, 1.807) is 37.3 Å². The molecule has 0 unspecified atom stereocenters. The second-order valence-corrected chi connectivity index (χ2v) is 6.96. The summed E-state index contributed by atoms with van der Waals surface area (Å²) in [5, 5.41) is 8.31. The van der Waals surface area contributed by atoms with Crippen molar-refractivity contribution < 1.29 is 15.4 Å². The van der Waals surface area contributed by atoms with Gasteiger partial charge in [0, 0.05) is 39.7 Å². The van der Waals surface area contributed by atoms with Crippen molar-refractivity contribution in [3.8, 4) is 22.8 Å². The summed E-state index contributed by atoms with van der Waals surface area (Å²) < 4.78 is 11.2. The molecule has 0 aliphatic carbocycles. The smallest absolute Gasteiger partial charge is 0.318 e. The molecule has 1 saturated heterocycles. The molecule has 1 aliphatic rings. The summed E-state index contributed by atoms with van der Waals surface area (Å²) >= 11 is 0. The van der Waals surface area contributed by atoms with Crippen molar-refractivity contribution in [2.24, 2.45) is 0 Å². The Labute approximate surface area is 169 Å². The summed E-state index contributed by atoms with van der Waals surface area (Å²) in [5.41, 5.74) is 3.38. The van der Waals surface area contributed by atoms with Crippen molar-refractivity contribution in [1.29, 1.82) is 0 Å². The van der Waals surface area contributed by atoms with Gasteiger partial charge in [-0.3, -0.25) is 9.78 Å². The van der Waals surface area contributed by atoms with Crippen LogP contribution in [0.1, 0.15) is 17.5 Å². The van der Waals surface area contributed by atoms with E-state index in [-0.39, 0.29) is 7.33 Å². The maximum atomic E-state index is 12.1. The van der Waals surface area contributed by atoms with Crippen molar-refractivity contribution in [3.63, 3.8) is 0 Å². The van der Waals surface area contributed by atoms with E-state index in [9.17, 15) is 4.79 Å². The summed E-state index contributed by atoms with van der Waals surface area (Å²) in [7, 11) is 3.45. The lowest BCUT2D eigenvalue weighted by Crippen LogP contribution is -2.36. The zero-order chi connectivity index (χ0) is 20.4. The highest BCUT2D eigenvalue weighted by atomic mass is 16.5. The highest BCUT2D eigenvalue weighted by Gasteiger charge is 2.20. The van der Waals surface area contributed by atoms with Gasteiger partial charge in [0.25, 0.3) is 11.8 Å². The predicted octanol–water partition coefficient (Wildman–Crippen LogP) is 2.29. The van der Waals surface area contributed by atoms with E-state index in [2.05, 4.69) is 20.2 Å². The molecule has 9 nitrogen and oxygen atoms in total. The summed E-state index contributed by atoms with van der Waals surface area (Å²) in [5.74, 6) is 0.284. The minimum atomic E-state index is -0.0475. The van der Waals surface area contributed by atoms with E-state index >= 15 is 0 Å². The summed E-state index contributed by atoms with van der Waals surface area (Å²) in [6, 6.07) is 7.73. The monoisotopic (exact) mass is 396 g/mol. The predicted molar refractivity (Wildman–Crippen MR) is 109 cm³/mol. The molecular formula is C20H24N6O3. The number of nitrogens with zero attached hydrogens (tertiary/aromatic N) is 6. The highest BCUT2D eigenvalue weighted by Crippen LogP contribution is 2.26. The molecule has 1 amide bonds. The molecule has 0 spiro atoms. The zero-order valence-corrected chi connectivity index (χ0v) is 16.6. The van der Waals surface area contributed by atoms with Gasteiger partial charge in [-0.15, -0.1) is 5.10 Å². The van der Waals surface area contributed by atoms with Gasteiger partial charge in [0.2, 0.25) is 0 Å². The Bertz CT molecular complexity index is 1020. The Morgan fingerprint density at radius 1 is 1.14 bits per heavy atom. The molecule has 0 bridgehead atoms. The number of benzene rings is 1. The van der Waals surface area contributed by atoms with Crippen molar-refractivity contribution >= 4 is 11.9 Å². The second kappa shape index (κ2) is 7.96. The summed E-state index contributed by atoms with van der Waals surface area (Å²) in [6.45, 7) is 4.55. The third-order valence-corrected chi connectivity index (χ3v) is 4.69. The van der Waals surface area contributed by atoms with Gasteiger partial charge in [-0.25, -0.2) is 4.98 Å². The Kier molecular flexibility index (Phi) is 5.22. The van der Waals surface area contributed by atoms with Crippen molar-refractivity contribution in [1.82, 2.24) is 25.1 Å². The average molecular weight is 396 g/mol. The zero-order valence-electron chi connectivity index (χ0n) is 16.6. The van der Waals surface area contributed by atoms with Crippen LogP contribution in [-0.2, 0) is 4.74 Å². The number of hydrogen-bond acceptors (Lipinski definition) is 8. The van der Waals surface area contributed by atoms with E-state index in [0.717, 1.165) is 5.56 Å². The Morgan fingerprint density at radius 3 is 2.55 bits per heavy atom. The van der Waals surface area contributed by atoms with Gasteiger partial charge >= 0.3 is 6.01 Å². The second-order valence-electron chi connectivity index (χ2n) is 6.96. The van der Waals surface area contributed by atoms with E-state index in [1.807, 2.05) is 24.0 Å². The molecule has 4 rings (SSSR count). The molecule has 1 aromatic carbocycles. The van der Waals surface area contributed by atoms with Crippen LogP contribution in [0.15, 0.2) is 34.9 Å². The van der Waals surface area contributed by atoms with Crippen LogP contribution in [-0.4, -0.2) is 71.4 Å². The van der Waals surface area contributed by atoms with Crippen molar-refractivity contribution in [2.45, 2.75) is 6.92 Å². The molecule has 0 N–H and O–H groups in total. The molecule has 0 radical (unpaired) electrons. The van der Waals surface area contributed by atoms with Crippen LogP contribution in [0.2, 0.25) is 0 Å². The van der Waals surface area contributed by atoms with Crippen LogP contribution in [0, 0.1) is 6.92 Å². The standard InChI is InChI=1S/C20H22N6O3.H2/c1-13-17(18-23-24-20(29-18)26-8-10-28-11-9-26)22-16(12-21-13)14-4-6-15(7-5-14)19(27)25(2)3;/h4-7,12H,8-11H2,1-3H3;1H. The van der Waals surface area contributed by atoms with Crippen molar-refractivity contribution in [3.05, 3.63) is 41.7 Å². The van der Waals surface area contributed by atoms with Crippen LogP contribution in [0.4, 0.5) is 6.01 Å². The van der Waals surface area contributed by atoms with Gasteiger partial charge in [-0.05, 0) is 19.1 Å². The maximum absolute atomic E-state index is 12.1.